The van der Waals surface area contributed by atoms with Crippen molar-refractivity contribution in [2.24, 2.45) is 0 Å². The first-order chi connectivity index (χ1) is 11.7. The molecule has 0 aliphatic carbocycles. The number of carbonyl (C=O) groups excluding carboxylic acids is 2. The molecule has 2 N–H and O–H groups in total. The Balaban J connectivity index is 1.96. The zero-order chi connectivity index (χ0) is 16.9. The Morgan fingerprint density at radius 3 is 2.58 bits per heavy atom. The van der Waals surface area contributed by atoms with Crippen LogP contribution in [0.5, 0.6) is 0 Å². The van der Waals surface area contributed by atoms with Crippen molar-refractivity contribution < 1.29 is 14.3 Å². The number of benzene rings is 1. The Labute approximate surface area is 141 Å². The average Bonchev–Trinajstić information content (AvgIpc) is 2.62. The summed E-state index contributed by atoms with van der Waals surface area (Å²) in [5.74, 6) is -0.414. The third kappa shape index (κ3) is 3.59. The van der Waals surface area contributed by atoms with Crippen LogP contribution in [0.3, 0.4) is 0 Å². The molecule has 0 spiro atoms. The second-order valence-electron chi connectivity index (χ2n) is 6.16. The Hall–Kier alpha value is -2.34. The summed E-state index contributed by atoms with van der Waals surface area (Å²) in [5.41, 5.74) is 1.99. The van der Waals surface area contributed by atoms with Gasteiger partial charge in [0.15, 0.2) is 0 Å². The molecule has 3 rings (SSSR count). The molecule has 2 aliphatic heterocycles. The van der Waals surface area contributed by atoms with Gasteiger partial charge in [-0.2, -0.15) is 0 Å². The van der Waals surface area contributed by atoms with E-state index in [1.54, 1.807) is 0 Å². The second-order valence-corrected chi connectivity index (χ2v) is 6.16. The van der Waals surface area contributed by atoms with Gasteiger partial charge in [-0.05, 0) is 31.5 Å². The smallest absolute Gasteiger partial charge is 0.338 e. The van der Waals surface area contributed by atoms with Crippen LogP contribution in [0.2, 0.25) is 0 Å². The maximum atomic E-state index is 12.4. The molecule has 1 atom stereocenters. The van der Waals surface area contributed by atoms with Gasteiger partial charge in [0.05, 0.1) is 18.7 Å². The third-order valence-corrected chi connectivity index (χ3v) is 4.52. The minimum Gasteiger partial charge on any atom is -0.466 e. The number of hydrogen-bond acceptors (Lipinski definition) is 4. The quantitative estimate of drug-likeness (QED) is 0.829. The van der Waals surface area contributed by atoms with E-state index >= 15 is 0 Å². The fraction of sp³-hybridized carbons (Fsp3) is 0.444. The van der Waals surface area contributed by atoms with Gasteiger partial charge in [-0.1, -0.05) is 36.8 Å². The third-order valence-electron chi connectivity index (χ3n) is 4.52. The summed E-state index contributed by atoms with van der Waals surface area (Å²) in [5, 5.41) is 5.65. The van der Waals surface area contributed by atoms with Gasteiger partial charge in [0.25, 0.3) is 0 Å². The van der Waals surface area contributed by atoms with Gasteiger partial charge in [0.1, 0.15) is 0 Å². The van der Waals surface area contributed by atoms with E-state index in [-0.39, 0.29) is 6.03 Å². The highest BCUT2D eigenvalue weighted by Crippen LogP contribution is 2.28. The molecule has 1 fully saturated rings. The van der Waals surface area contributed by atoms with E-state index in [9.17, 15) is 9.59 Å². The zero-order valence-corrected chi connectivity index (χ0v) is 13.9. The lowest BCUT2D eigenvalue weighted by molar-refractivity contribution is -0.136. The summed E-state index contributed by atoms with van der Waals surface area (Å²) >= 11 is 0. The number of hydrogen-bond donors (Lipinski definition) is 2. The van der Waals surface area contributed by atoms with Gasteiger partial charge < -0.3 is 15.4 Å². The minimum atomic E-state index is -0.493. The van der Waals surface area contributed by atoms with Crippen LogP contribution in [0, 0.1) is 0 Å². The van der Waals surface area contributed by atoms with Crippen LogP contribution < -0.4 is 10.6 Å². The summed E-state index contributed by atoms with van der Waals surface area (Å²) in [6.07, 6.45) is 3.53. The first-order valence-electron chi connectivity index (χ1n) is 8.35. The molecule has 24 heavy (non-hydrogen) atoms. The number of carbonyl (C=O) groups is 2. The fourth-order valence-electron chi connectivity index (χ4n) is 3.33. The number of ether oxygens (including phenoxy) is 1. The van der Waals surface area contributed by atoms with Crippen molar-refractivity contribution in [3.8, 4) is 0 Å². The van der Waals surface area contributed by atoms with E-state index in [0.29, 0.717) is 17.8 Å². The molecule has 2 amide bonds. The molecule has 0 saturated carbocycles. The maximum Gasteiger partial charge on any atom is 0.338 e. The Bertz CT molecular complexity index is 636. The van der Waals surface area contributed by atoms with Gasteiger partial charge in [0, 0.05) is 12.2 Å². The van der Waals surface area contributed by atoms with Crippen molar-refractivity contribution in [1.82, 2.24) is 15.5 Å². The number of rotatable bonds is 4. The van der Waals surface area contributed by atoms with E-state index in [1.807, 2.05) is 30.3 Å². The average molecular weight is 329 g/mol. The zero-order valence-electron chi connectivity index (χ0n) is 13.9. The first-order valence-corrected chi connectivity index (χ1v) is 8.35. The summed E-state index contributed by atoms with van der Waals surface area (Å²) in [6.45, 7) is 2.52. The summed E-state index contributed by atoms with van der Waals surface area (Å²) < 4.78 is 4.99. The molecule has 0 bridgehead atoms. The van der Waals surface area contributed by atoms with Crippen LogP contribution in [-0.4, -0.2) is 43.6 Å². The Morgan fingerprint density at radius 2 is 1.92 bits per heavy atom. The maximum absolute atomic E-state index is 12.4. The molecular weight excluding hydrogens is 306 g/mol. The number of amides is 2. The van der Waals surface area contributed by atoms with Crippen LogP contribution in [0.4, 0.5) is 4.79 Å². The summed E-state index contributed by atoms with van der Waals surface area (Å²) in [7, 11) is 1.37. The second kappa shape index (κ2) is 7.49. The molecule has 2 aliphatic rings. The lowest BCUT2D eigenvalue weighted by Crippen LogP contribution is -2.48. The topological polar surface area (TPSA) is 70.7 Å². The first kappa shape index (κ1) is 16.5. The Kier molecular flexibility index (Phi) is 5.15. The molecular formula is C18H23N3O3. The Morgan fingerprint density at radius 1 is 1.21 bits per heavy atom. The van der Waals surface area contributed by atoms with Crippen LogP contribution in [0.15, 0.2) is 41.6 Å². The van der Waals surface area contributed by atoms with Crippen molar-refractivity contribution in [1.29, 1.82) is 0 Å². The van der Waals surface area contributed by atoms with E-state index in [4.69, 9.17) is 4.74 Å². The normalized spacial score (nSPS) is 21.9. The van der Waals surface area contributed by atoms with E-state index in [1.165, 1.54) is 13.5 Å². The van der Waals surface area contributed by atoms with Gasteiger partial charge in [0.2, 0.25) is 0 Å². The van der Waals surface area contributed by atoms with E-state index in [2.05, 4.69) is 15.5 Å². The number of piperidine rings is 1. The number of urea groups is 1. The van der Waals surface area contributed by atoms with Gasteiger partial charge in [-0.15, -0.1) is 0 Å². The number of nitrogens with one attached hydrogen (secondary N) is 2. The largest absolute Gasteiger partial charge is 0.466 e. The fourth-order valence-corrected chi connectivity index (χ4v) is 3.33. The molecule has 128 valence electrons. The molecule has 0 unspecified atom stereocenters. The molecule has 2 heterocycles. The number of methoxy groups -OCH3 is 1. The molecule has 0 aromatic heterocycles. The molecule has 1 aromatic carbocycles. The van der Waals surface area contributed by atoms with Gasteiger partial charge in [-0.25, -0.2) is 9.59 Å². The summed E-state index contributed by atoms with van der Waals surface area (Å²) in [4.78, 5) is 26.8. The van der Waals surface area contributed by atoms with Crippen molar-refractivity contribution in [3.63, 3.8) is 0 Å². The van der Waals surface area contributed by atoms with Crippen molar-refractivity contribution in [2.45, 2.75) is 25.3 Å². The standard InChI is InChI=1S/C18H23N3O3/c1-24-17(22)15-14(12-21-10-6-3-7-11-21)19-18(23)20-16(15)13-8-4-2-5-9-13/h2,4-5,8-9,16H,3,6-7,10-12H2,1H3,(H2,19,20,23)/t16-/m0/s1. The molecule has 6 nitrogen and oxygen atoms in total. The lowest BCUT2D eigenvalue weighted by Gasteiger charge is -2.33. The molecule has 1 aromatic rings. The van der Waals surface area contributed by atoms with Crippen LogP contribution in [-0.2, 0) is 9.53 Å². The van der Waals surface area contributed by atoms with Crippen molar-refractivity contribution in [2.75, 3.05) is 26.7 Å². The molecule has 0 radical (unpaired) electrons. The lowest BCUT2D eigenvalue weighted by atomic mass is 9.95. The van der Waals surface area contributed by atoms with Crippen molar-refractivity contribution in [3.05, 3.63) is 47.2 Å². The van der Waals surface area contributed by atoms with Crippen LogP contribution >= 0.6 is 0 Å². The number of esters is 1. The minimum absolute atomic E-state index is 0.288. The monoisotopic (exact) mass is 329 g/mol. The predicted molar refractivity (Wildman–Crippen MR) is 90.2 cm³/mol. The molecule has 1 saturated heterocycles. The highest BCUT2D eigenvalue weighted by molar-refractivity contribution is 5.95. The van der Waals surface area contributed by atoms with Gasteiger partial charge in [-0.3, -0.25) is 4.90 Å². The van der Waals surface area contributed by atoms with Gasteiger partial charge >= 0.3 is 12.0 Å². The number of likely N-dealkylation sites (tertiary alicyclic amines) is 1. The SMILES string of the molecule is COC(=O)C1=C(CN2CCCCC2)NC(=O)N[C@H]1c1ccccc1. The highest BCUT2D eigenvalue weighted by atomic mass is 16.5. The molecule has 6 heteroatoms. The van der Waals surface area contributed by atoms with Crippen LogP contribution in [0.1, 0.15) is 30.9 Å². The highest BCUT2D eigenvalue weighted by Gasteiger charge is 2.34. The van der Waals surface area contributed by atoms with E-state index in [0.717, 1.165) is 31.5 Å². The predicted octanol–water partition coefficient (Wildman–Crippen LogP) is 1.95. The van der Waals surface area contributed by atoms with Crippen molar-refractivity contribution >= 4 is 12.0 Å². The van der Waals surface area contributed by atoms with E-state index < -0.39 is 12.0 Å². The van der Waals surface area contributed by atoms with Crippen LogP contribution in [0.25, 0.3) is 0 Å². The summed E-state index contributed by atoms with van der Waals surface area (Å²) in [6, 6.07) is 8.71. The number of nitrogens with zero attached hydrogens (tertiary/aromatic N) is 1.